The first-order chi connectivity index (χ1) is 11.4. The summed E-state index contributed by atoms with van der Waals surface area (Å²) in [5.41, 5.74) is -0.396. The number of esters is 2. The van der Waals surface area contributed by atoms with Gasteiger partial charge in [0, 0.05) is 11.5 Å². The summed E-state index contributed by atoms with van der Waals surface area (Å²) in [6, 6.07) is 9.05. The van der Waals surface area contributed by atoms with Crippen LogP contribution in [0.2, 0.25) is 0 Å². The SMILES string of the molecule is CCOC(=O)C(C)(C(=O)OCC)C(C)/C=C(/C=O)c1ccccc1. The van der Waals surface area contributed by atoms with E-state index < -0.39 is 23.3 Å². The van der Waals surface area contributed by atoms with E-state index in [0.717, 1.165) is 5.56 Å². The van der Waals surface area contributed by atoms with E-state index in [2.05, 4.69) is 0 Å². The van der Waals surface area contributed by atoms with E-state index in [-0.39, 0.29) is 13.2 Å². The molecule has 0 aromatic heterocycles. The summed E-state index contributed by atoms with van der Waals surface area (Å²) in [5, 5.41) is 0. The van der Waals surface area contributed by atoms with Crippen molar-refractivity contribution in [1.82, 2.24) is 0 Å². The molecule has 1 aromatic rings. The van der Waals surface area contributed by atoms with Gasteiger partial charge in [0.2, 0.25) is 0 Å². The summed E-state index contributed by atoms with van der Waals surface area (Å²) in [5.74, 6) is -1.91. The highest BCUT2D eigenvalue weighted by Gasteiger charge is 2.48. The maximum Gasteiger partial charge on any atom is 0.323 e. The van der Waals surface area contributed by atoms with Crippen molar-refractivity contribution >= 4 is 23.8 Å². The third-order valence-electron chi connectivity index (χ3n) is 3.97. The highest BCUT2D eigenvalue weighted by atomic mass is 16.6. The Kier molecular flexibility index (Phi) is 7.36. The molecule has 0 amide bonds. The second-order valence-electron chi connectivity index (χ2n) is 5.54. The van der Waals surface area contributed by atoms with E-state index >= 15 is 0 Å². The van der Waals surface area contributed by atoms with Crippen LogP contribution >= 0.6 is 0 Å². The zero-order valence-electron chi connectivity index (χ0n) is 14.6. The highest BCUT2D eigenvalue weighted by molar-refractivity contribution is 6.07. The van der Waals surface area contributed by atoms with E-state index in [4.69, 9.17) is 9.47 Å². The van der Waals surface area contributed by atoms with Gasteiger partial charge in [0.1, 0.15) is 6.29 Å². The van der Waals surface area contributed by atoms with Crippen LogP contribution < -0.4 is 0 Å². The van der Waals surface area contributed by atoms with Gasteiger partial charge in [-0.2, -0.15) is 0 Å². The number of hydrogen-bond acceptors (Lipinski definition) is 5. The minimum atomic E-state index is -1.52. The largest absolute Gasteiger partial charge is 0.465 e. The first-order valence-corrected chi connectivity index (χ1v) is 7.98. The lowest BCUT2D eigenvalue weighted by molar-refractivity contribution is -0.173. The van der Waals surface area contributed by atoms with Crippen LogP contribution in [0.5, 0.6) is 0 Å². The Morgan fingerprint density at radius 2 is 1.58 bits per heavy atom. The molecule has 0 aliphatic carbocycles. The molecule has 0 spiro atoms. The zero-order valence-corrected chi connectivity index (χ0v) is 14.6. The third kappa shape index (κ3) is 4.31. The van der Waals surface area contributed by atoms with E-state index in [1.807, 2.05) is 18.2 Å². The Balaban J connectivity index is 3.26. The summed E-state index contributed by atoms with van der Waals surface area (Å²) in [6.45, 7) is 6.83. The van der Waals surface area contributed by atoms with Crippen LogP contribution in [-0.2, 0) is 23.9 Å². The Labute approximate surface area is 142 Å². The van der Waals surface area contributed by atoms with E-state index in [1.165, 1.54) is 6.92 Å². The van der Waals surface area contributed by atoms with Crippen LogP contribution in [0.25, 0.3) is 5.57 Å². The van der Waals surface area contributed by atoms with Crippen LogP contribution in [0.4, 0.5) is 0 Å². The predicted molar refractivity (Wildman–Crippen MR) is 91.0 cm³/mol. The van der Waals surface area contributed by atoms with E-state index in [1.54, 1.807) is 39.0 Å². The number of allylic oxidation sites excluding steroid dienone is 2. The second kappa shape index (κ2) is 9.01. The molecule has 1 aromatic carbocycles. The van der Waals surface area contributed by atoms with Crippen molar-refractivity contribution in [3.05, 3.63) is 42.0 Å². The van der Waals surface area contributed by atoms with Crippen molar-refractivity contribution in [3.8, 4) is 0 Å². The fraction of sp³-hybridized carbons (Fsp3) is 0.421. The number of hydrogen-bond donors (Lipinski definition) is 0. The summed E-state index contributed by atoms with van der Waals surface area (Å²) in [4.78, 5) is 36.2. The molecule has 1 rings (SSSR count). The Bertz CT molecular complexity index is 585. The van der Waals surface area contributed by atoms with Gasteiger partial charge >= 0.3 is 11.9 Å². The van der Waals surface area contributed by atoms with Crippen LogP contribution in [0, 0.1) is 11.3 Å². The molecule has 0 bridgehead atoms. The van der Waals surface area contributed by atoms with Gasteiger partial charge in [-0.1, -0.05) is 43.3 Å². The van der Waals surface area contributed by atoms with E-state index in [0.29, 0.717) is 11.9 Å². The first-order valence-electron chi connectivity index (χ1n) is 7.98. The van der Waals surface area contributed by atoms with Crippen LogP contribution in [0.15, 0.2) is 36.4 Å². The Morgan fingerprint density at radius 1 is 1.08 bits per heavy atom. The zero-order chi connectivity index (χ0) is 18.2. The van der Waals surface area contributed by atoms with Gasteiger partial charge in [0.25, 0.3) is 0 Å². The molecule has 0 saturated heterocycles. The average Bonchev–Trinajstić information content (AvgIpc) is 2.59. The van der Waals surface area contributed by atoms with Gasteiger partial charge in [-0.15, -0.1) is 0 Å². The van der Waals surface area contributed by atoms with Gasteiger partial charge in [-0.3, -0.25) is 14.4 Å². The minimum Gasteiger partial charge on any atom is -0.465 e. The third-order valence-corrected chi connectivity index (χ3v) is 3.97. The van der Waals surface area contributed by atoms with Gasteiger partial charge in [-0.25, -0.2) is 0 Å². The number of benzene rings is 1. The first kappa shape index (κ1) is 19.6. The maximum atomic E-state index is 12.4. The highest BCUT2D eigenvalue weighted by Crippen LogP contribution is 2.33. The molecule has 0 aliphatic heterocycles. The molecular formula is C19H24O5. The summed E-state index contributed by atoms with van der Waals surface area (Å²) in [6.07, 6.45) is 2.32. The number of ether oxygens (including phenoxy) is 2. The standard InChI is InChI=1S/C19H24O5/c1-5-23-17(21)19(4,18(22)24-6-2)14(3)12-16(13-20)15-10-8-7-9-11-15/h7-14H,5-6H2,1-4H3/b16-12-. The molecule has 5 nitrogen and oxygen atoms in total. The van der Waals surface area contributed by atoms with Crippen molar-refractivity contribution in [1.29, 1.82) is 0 Å². The molecule has 5 heteroatoms. The number of rotatable bonds is 8. The average molecular weight is 332 g/mol. The van der Waals surface area contributed by atoms with Crippen molar-refractivity contribution in [2.75, 3.05) is 13.2 Å². The molecule has 1 unspecified atom stereocenters. The summed E-state index contributed by atoms with van der Waals surface area (Å²) < 4.78 is 10.1. The molecule has 0 saturated carbocycles. The molecule has 0 heterocycles. The monoisotopic (exact) mass is 332 g/mol. The van der Waals surface area contributed by atoms with Crippen LogP contribution in [-0.4, -0.2) is 31.4 Å². The molecule has 130 valence electrons. The van der Waals surface area contributed by atoms with Gasteiger partial charge < -0.3 is 9.47 Å². The lowest BCUT2D eigenvalue weighted by atomic mass is 9.76. The molecule has 0 aliphatic rings. The Morgan fingerprint density at radius 3 is 2.00 bits per heavy atom. The molecule has 0 N–H and O–H groups in total. The van der Waals surface area contributed by atoms with Crippen molar-refractivity contribution in [2.24, 2.45) is 11.3 Å². The molecular weight excluding hydrogens is 308 g/mol. The fourth-order valence-corrected chi connectivity index (χ4v) is 2.29. The summed E-state index contributed by atoms with van der Waals surface area (Å²) in [7, 11) is 0. The lowest BCUT2D eigenvalue weighted by Gasteiger charge is -2.29. The number of carbonyl (C=O) groups excluding carboxylic acids is 3. The quantitative estimate of drug-likeness (QED) is 0.317. The van der Waals surface area contributed by atoms with E-state index in [9.17, 15) is 14.4 Å². The topological polar surface area (TPSA) is 69.7 Å². The second-order valence-corrected chi connectivity index (χ2v) is 5.54. The van der Waals surface area contributed by atoms with Gasteiger partial charge in [0.05, 0.1) is 13.2 Å². The van der Waals surface area contributed by atoms with Crippen molar-refractivity contribution in [2.45, 2.75) is 27.7 Å². The summed E-state index contributed by atoms with van der Waals surface area (Å²) >= 11 is 0. The van der Waals surface area contributed by atoms with Gasteiger partial charge in [0.15, 0.2) is 5.41 Å². The maximum absolute atomic E-state index is 12.4. The van der Waals surface area contributed by atoms with Gasteiger partial charge in [-0.05, 0) is 26.3 Å². The Hall–Kier alpha value is -2.43. The van der Waals surface area contributed by atoms with Crippen molar-refractivity contribution in [3.63, 3.8) is 0 Å². The normalized spacial score (nSPS) is 13.1. The lowest BCUT2D eigenvalue weighted by Crippen LogP contribution is -2.44. The molecule has 1 atom stereocenters. The molecule has 0 radical (unpaired) electrons. The minimum absolute atomic E-state index is 0.156. The molecule has 24 heavy (non-hydrogen) atoms. The number of aldehydes is 1. The van der Waals surface area contributed by atoms with Crippen LogP contribution in [0.3, 0.4) is 0 Å². The smallest absolute Gasteiger partial charge is 0.323 e. The number of carbonyl (C=O) groups is 3. The van der Waals surface area contributed by atoms with Crippen molar-refractivity contribution < 1.29 is 23.9 Å². The van der Waals surface area contributed by atoms with Crippen LogP contribution in [0.1, 0.15) is 33.3 Å². The predicted octanol–water partition coefficient (Wildman–Crippen LogP) is 3.04. The fourth-order valence-electron chi connectivity index (χ4n) is 2.29. The molecule has 0 fully saturated rings.